The fraction of sp³-hybridized carbons (Fsp3) is 0.462. The van der Waals surface area contributed by atoms with Crippen molar-refractivity contribution in [3.8, 4) is 0 Å². The van der Waals surface area contributed by atoms with Gasteiger partial charge in [-0.1, -0.05) is 27.5 Å². The van der Waals surface area contributed by atoms with E-state index in [9.17, 15) is 4.79 Å². The van der Waals surface area contributed by atoms with Crippen molar-refractivity contribution in [3.05, 3.63) is 33.3 Å². The topological polar surface area (TPSA) is 32.3 Å². The van der Waals surface area contributed by atoms with Crippen LogP contribution in [-0.4, -0.2) is 37.0 Å². The fourth-order valence-electron chi connectivity index (χ4n) is 2.23. The second-order valence-corrected chi connectivity index (χ2v) is 5.83. The molecule has 2 rings (SSSR count). The number of piperidine rings is 1. The summed E-state index contributed by atoms with van der Waals surface area (Å²) in [6.45, 7) is 1.55. The van der Waals surface area contributed by atoms with Crippen molar-refractivity contribution in [1.29, 1.82) is 0 Å². The summed E-state index contributed by atoms with van der Waals surface area (Å²) in [5.41, 5.74) is 0.572. The molecule has 1 atom stereocenters. The first kappa shape index (κ1) is 13.8. The summed E-state index contributed by atoms with van der Waals surface area (Å²) >= 11 is 9.47. The van der Waals surface area contributed by atoms with Crippen LogP contribution < -0.4 is 5.32 Å². The van der Waals surface area contributed by atoms with Crippen LogP contribution in [0.4, 0.5) is 0 Å². The molecule has 0 spiro atoms. The average Bonchev–Trinajstić information content (AvgIpc) is 2.41. The molecule has 1 aromatic rings. The van der Waals surface area contributed by atoms with Crippen molar-refractivity contribution in [2.45, 2.75) is 18.9 Å². The summed E-state index contributed by atoms with van der Waals surface area (Å²) in [6.07, 6.45) is 2.15. The van der Waals surface area contributed by atoms with Gasteiger partial charge in [-0.25, -0.2) is 0 Å². The van der Waals surface area contributed by atoms with Gasteiger partial charge in [0.15, 0.2) is 0 Å². The molecular formula is C13H16BrClN2O. The van der Waals surface area contributed by atoms with E-state index < -0.39 is 0 Å². The van der Waals surface area contributed by atoms with Crippen molar-refractivity contribution in [2.75, 3.05) is 20.1 Å². The van der Waals surface area contributed by atoms with E-state index in [1.807, 2.05) is 18.0 Å². The Labute approximate surface area is 121 Å². The zero-order valence-corrected chi connectivity index (χ0v) is 12.6. The lowest BCUT2D eigenvalue weighted by atomic mass is 10.0. The number of halogens is 2. The zero-order chi connectivity index (χ0) is 13.1. The van der Waals surface area contributed by atoms with Crippen LogP contribution in [0.5, 0.6) is 0 Å². The third kappa shape index (κ3) is 3.05. The summed E-state index contributed by atoms with van der Waals surface area (Å²) in [6, 6.07) is 5.76. The summed E-state index contributed by atoms with van der Waals surface area (Å²) in [4.78, 5) is 14.3. The van der Waals surface area contributed by atoms with E-state index in [2.05, 4.69) is 21.2 Å². The molecule has 1 amide bonds. The number of rotatable bonds is 2. The Morgan fingerprint density at radius 1 is 1.56 bits per heavy atom. The number of hydrogen-bond acceptors (Lipinski definition) is 2. The van der Waals surface area contributed by atoms with Crippen LogP contribution in [0.3, 0.4) is 0 Å². The highest BCUT2D eigenvalue weighted by atomic mass is 79.9. The Morgan fingerprint density at radius 2 is 2.33 bits per heavy atom. The van der Waals surface area contributed by atoms with Gasteiger partial charge in [-0.3, -0.25) is 4.79 Å². The van der Waals surface area contributed by atoms with Crippen LogP contribution in [0, 0.1) is 0 Å². The molecule has 1 N–H and O–H groups in total. The van der Waals surface area contributed by atoms with Gasteiger partial charge in [0.2, 0.25) is 0 Å². The summed E-state index contributed by atoms with van der Waals surface area (Å²) in [5.74, 6) is 0.0150. The zero-order valence-electron chi connectivity index (χ0n) is 10.2. The van der Waals surface area contributed by atoms with Crippen molar-refractivity contribution in [1.82, 2.24) is 10.2 Å². The summed E-state index contributed by atoms with van der Waals surface area (Å²) in [5, 5.41) is 3.74. The van der Waals surface area contributed by atoms with Gasteiger partial charge in [-0.2, -0.15) is 0 Å². The van der Waals surface area contributed by atoms with Crippen molar-refractivity contribution in [3.63, 3.8) is 0 Å². The third-order valence-electron chi connectivity index (χ3n) is 3.28. The molecule has 0 radical (unpaired) electrons. The minimum Gasteiger partial charge on any atom is -0.337 e. The van der Waals surface area contributed by atoms with Gasteiger partial charge < -0.3 is 10.2 Å². The van der Waals surface area contributed by atoms with Gasteiger partial charge in [0.25, 0.3) is 5.91 Å². The van der Waals surface area contributed by atoms with Crippen LogP contribution in [0.25, 0.3) is 0 Å². The van der Waals surface area contributed by atoms with E-state index in [0.29, 0.717) is 16.6 Å². The van der Waals surface area contributed by atoms with E-state index >= 15 is 0 Å². The standard InChI is InChI=1S/C13H16BrClN2O/c1-16-10-3-2-6-17(8-10)13(18)11-7-9(14)4-5-12(11)15/h4-5,7,10,16H,2-3,6,8H2,1H3. The lowest BCUT2D eigenvalue weighted by Crippen LogP contribution is -2.47. The second kappa shape index (κ2) is 6.04. The van der Waals surface area contributed by atoms with Gasteiger partial charge in [0.05, 0.1) is 10.6 Å². The highest BCUT2D eigenvalue weighted by Crippen LogP contribution is 2.23. The number of carbonyl (C=O) groups is 1. The Hall–Kier alpha value is -0.580. The maximum absolute atomic E-state index is 12.4. The van der Waals surface area contributed by atoms with E-state index in [-0.39, 0.29) is 5.91 Å². The number of hydrogen-bond donors (Lipinski definition) is 1. The monoisotopic (exact) mass is 330 g/mol. The number of carbonyl (C=O) groups excluding carboxylic acids is 1. The molecule has 0 saturated carbocycles. The molecule has 1 aromatic carbocycles. The molecule has 0 aliphatic carbocycles. The lowest BCUT2D eigenvalue weighted by molar-refractivity contribution is 0.0698. The van der Waals surface area contributed by atoms with E-state index in [1.54, 1.807) is 12.1 Å². The number of likely N-dealkylation sites (N-methyl/N-ethyl adjacent to an activating group) is 1. The molecule has 1 unspecified atom stereocenters. The number of nitrogens with zero attached hydrogens (tertiary/aromatic N) is 1. The van der Waals surface area contributed by atoms with Crippen molar-refractivity contribution < 1.29 is 4.79 Å². The van der Waals surface area contributed by atoms with E-state index in [1.165, 1.54) is 0 Å². The predicted molar refractivity (Wildman–Crippen MR) is 77.1 cm³/mol. The minimum absolute atomic E-state index is 0.0150. The second-order valence-electron chi connectivity index (χ2n) is 4.50. The maximum atomic E-state index is 12.4. The van der Waals surface area contributed by atoms with Gasteiger partial charge >= 0.3 is 0 Å². The maximum Gasteiger partial charge on any atom is 0.255 e. The Kier molecular flexibility index (Phi) is 4.65. The highest BCUT2D eigenvalue weighted by Gasteiger charge is 2.24. The first-order chi connectivity index (χ1) is 8.61. The molecule has 0 aromatic heterocycles. The number of likely N-dealkylation sites (tertiary alicyclic amines) is 1. The molecule has 1 heterocycles. The van der Waals surface area contributed by atoms with Gasteiger partial charge in [0.1, 0.15) is 0 Å². The van der Waals surface area contributed by atoms with Gasteiger partial charge in [0, 0.05) is 23.6 Å². The molecule has 98 valence electrons. The number of amides is 1. The van der Waals surface area contributed by atoms with Gasteiger partial charge in [-0.05, 0) is 38.1 Å². The van der Waals surface area contributed by atoms with Crippen LogP contribution in [0.1, 0.15) is 23.2 Å². The summed E-state index contributed by atoms with van der Waals surface area (Å²) in [7, 11) is 1.94. The first-order valence-electron chi connectivity index (χ1n) is 6.03. The molecule has 3 nitrogen and oxygen atoms in total. The smallest absolute Gasteiger partial charge is 0.255 e. The highest BCUT2D eigenvalue weighted by molar-refractivity contribution is 9.10. The molecule has 1 aliphatic heterocycles. The normalized spacial score (nSPS) is 19.9. The Morgan fingerprint density at radius 3 is 3.06 bits per heavy atom. The van der Waals surface area contributed by atoms with Gasteiger partial charge in [-0.15, -0.1) is 0 Å². The van der Waals surface area contributed by atoms with Crippen LogP contribution in [0.15, 0.2) is 22.7 Å². The van der Waals surface area contributed by atoms with Crippen LogP contribution in [0.2, 0.25) is 5.02 Å². The molecule has 18 heavy (non-hydrogen) atoms. The van der Waals surface area contributed by atoms with E-state index in [4.69, 9.17) is 11.6 Å². The van der Waals surface area contributed by atoms with Crippen molar-refractivity contribution >= 4 is 33.4 Å². The third-order valence-corrected chi connectivity index (χ3v) is 4.10. The summed E-state index contributed by atoms with van der Waals surface area (Å²) < 4.78 is 0.873. The average molecular weight is 332 g/mol. The molecule has 1 fully saturated rings. The number of benzene rings is 1. The quantitative estimate of drug-likeness (QED) is 0.904. The Bertz CT molecular complexity index is 453. The molecule has 1 saturated heterocycles. The Balaban J connectivity index is 2.17. The fourth-order valence-corrected chi connectivity index (χ4v) is 2.79. The lowest BCUT2D eigenvalue weighted by Gasteiger charge is -2.32. The number of nitrogens with one attached hydrogen (secondary N) is 1. The van der Waals surface area contributed by atoms with E-state index in [0.717, 1.165) is 30.4 Å². The van der Waals surface area contributed by atoms with Crippen LogP contribution in [-0.2, 0) is 0 Å². The van der Waals surface area contributed by atoms with Crippen molar-refractivity contribution in [2.24, 2.45) is 0 Å². The molecular weight excluding hydrogens is 316 g/mol. The van der Waals surface area contributed by atoms with Crippen LogP contribution >= 0.6 is 27.5 Å². The molecule has 1 aliphatic rings. The molecule has 5 heteroatoms. The SMILES string of the molecule is CNC1CCCN(C(=O)c2cc(Br)ccc2Cl)C1. The first-order valence-corrected chi connectivity index (χ1v) is 7.20. The molecule has 0 bridgehead atoms. The predicted octanol–water partition coefficient (Wildman–Crippen LogP) is 2.93. The largest absolute Gasteiger partial charge is 0.337 e. The minimum atomic E-state index is 0.0150.